The van der Waals surface area contributed by atoms with E-state index in [1.807, 2.05) is 0 Å². The van der Waals surface area contributed by atoms with Gasteiger partial charge in [0, 0.05) is 12.0 Å². The Labute approximate surface area is 70.8 Å². The van der Waals surface area contributed by atoms with Gasteiger partial charge in [0.25, 0.3) is 0 Å². The van der Waals surface area contributed by atoms with E-state index in [4.69, 9.17) is 11.6 Å². The summed E-state index contributed by atoms with van der Waals surface area (Å²) in [4.78, 5) is 10.4. The highest BCUT2D eigenvalue weighted by molar-refractivity contribution is 6.30. The van der Waals surface area contributed by atoms with E-state index in [0.29, 0.717) is 10.8 Å². The van der Waals surface area contributed by atoms with Crippen LogP contribution in [-0.2, 0) is 9.53 Å². The van der Waals surface area contributed by atoms with E-state index in [9.17, 15) is 4.79 Å². The summed E-state index contributed by atoms with van der Waals surface area (Å²) in [5.41, 5.74) is 0. The normalized spacial score (nSPS) is 10.5. The van der Waals surface area contributed by atoms with Crippen LogP contribution >= 0.6 is 11.6 Å². The summed E-state index contributed by atoms with van der Waals surface area (Å²) in [7, 11) is 0. The van der Waals surface area contributed by atoms with Crippen molar-refractivity contribution < 1.29 is 9.53 Å². The fourth-order valence-electron chi connectivity index (χ4n) is 0.450. The highest BCUT2D eigenvalue weighted by Gasteiger charge is 1.96. The highest BCUT2D eigenvalue weighted by Crippen LogP contribution is 2.06. The maximum Gasteiger partial charge on any atom is 0.308 e. The molecule has 60 valence electrons. The number of halogens is 1. The molecule has 0 saturated heterocycles. The molecule has 0 amide bonds. The molecule has 0 N–H and O–H groups in total. The van der Waals surface area contributed by atoms with Gasteiger partial charge in [0.2, 0.25) is 0 Å². The third-order valence-corrected chi connectivity index (χ3v) is 0.871. The van der Waals surface area contributed by atoms with Crippen molar-refractivity contribution in [3.05, 3.63) is 36.1 Å². The third kappa shape index (κ3) is 5.43. The Morgan fingerprint density at radius 2 is 2.18 bits per heavy atom. The zero-order chi connectivity index (χ0) is 8.85. The van der Waals surface area contributed by atoms with E-state index < -0.39 is 5.97 Å². The van der Waals surface area contributed by atoms with Crippen LogP contribution in [0, 0.1) is 0 Å². The van der Waals surface area contributed by atoms with Gasteiger partial charge in [-0.25, -0.2) is 0 Å². The van der Waals surface area contributed by atoms with Gasteiger partial charge in [-0.1, -0.05) is 24.8 Å². The number of esters is 1. The first kappa shape index (κ1) is 9.98. The zero-order valence-corrected chi connectivity index (χ0v) is 7.02. The van der Waals surface area contributed by atoms with Gasteiger partial charge in [-0.15, -0.1) is 0 Å². The van der Waals surface area contributed by atoms with Gasteiger partial charge in [-0.3, -0.25) is 4.79 Å². The second-order valence-corrected chi connectivity index (χ2v) is 2.28. The van der Waals surface area contributed by atoms with E-state index >= 15 is 0 Å². The number of carbonyl (C=O) groups excluding carboxylic acids is 1. The van der Waals surface area contributed by atoms with E-state index in [0.717, 1.165) is 0 Å². The Morgan fingerprint density at radius 3 is 2.45 bits per heavy atom. The Morgan fingerprint density at radius 1 is 1.64 bits per heavy atom. The Kier molecular flexibility index (Phi) is 4.30. The molecular formula is C8H9ClO2. The second-order valence-electron chi connectivity index (χ2n) is 1.79. The molecular weight excluding hydrogens is 164 g/mol. The van der Waals surface area contributed by atoms with Gasteiger partial charge in [0.05, 0.1) is 0 Å². The first-order valence-corrected chi connectivity index (χ1v) is 3.31. The molecule has 11 heavy (non-hydrogen) atoms. The molecule has 0 aliphatic heterocycles. The first-order valence-electron chi connectivity index (χ1n) is 2.93. The van der Waals surface area contributed by atoms with Crippen molar-refractivity contribution in [3.63, 3.8) is 0 Å². The van der Waals surface area contributed by atoms with Crippen molar-refractivity contribution in [1.82, 2.24) is 0 Å². The maximum absolute atomic E-state index is 10.4. The number of allylic oxidation sites excluding steroid dienone is 3. The van der Waals surface area contributed by atoms with Crippen molar-refractivity contribution in [1.29, 1.82) is 0 Å². The van der Waals surface area contributed by atoms with Gasteiger partial charge in [0.15, 0.2) is 0 Å². The molecule has 0 aliphatic carbocycles. The van der Waals surface area contributed by atoms with Crippen LogP contribution in [0.1, 0.15) is 6.92 Å². The monoisotopic (exact) mass is 172 g/mol. The fraction of sp³-hybridized carbons (Fsp3) is 0.125. The van der Waals surface area contributed by atoms with Crippen LogP contribution in [0.2, 0.25) is 0 Å². The SMILES string of the molecule is C=CC(=CC(=C)Cl)OC(C)=O. The number of hydrogen-bond acceptors (Lipinski definition) is 2. The molecule has 0 aromatic carbocycles. The molecule has 0 aromatic heterocycles. The van der Waals surface area contributed by atoms with E-state index in [1.165, 1.54) is 19.1 Å². The molecule has 0 atom stereocenters. The molecule has 0 fully saturated rings. The lowest BCUT2D eigenvalue weighted by molar-refractivity contribution is -0.136. The van der Waals surface area contributed by atoms with Crippen molar-refractivity contribution in [3.8, 4) is 0 Å². The summed E-state index contributed by atoms with van der Waals surface area (Å²) in [5.74, 6) is -0.105. The largest absolute Gasteiger partial charge is 0.427 e. The van der Waals surface area contributed by atoms with Gasteiger partial charge >= 0.3 is 5.97 Å². The van der Waals surface area contributed by atoms with Gasteiger partial charge in [-0.2, -0.15) is 0 Å². The summed E-state index contributed by atoms with van der Waals surface area (Å²) in [6, 6.07) is 0. The number of carbonyl (C=O) groups is 1. The summed E-state index contributed by atoms with van der Waals surface area (Å²) in [6.07, 6.45) is 2.80. The van der Waals surface area contributed by atoms with Crippen LogP contribution < -0.4 is 0 Å². The van der Waals surface area contributed by atoms with Crippen molar-refractivity contribution >= 4 is 17.6 Å². The van der Waals surface area contributed by atoms with E-state index in [2.05, 4.69) is 17.9 Å². The molecule has 0 aliphatic rings. The summed E-state index contributed by atoms with van der Waals surface area (Å²) < 4.78 is 4.67. The van der Waals surface area contributed by atoms with Gasteiger partial charge in [0.1, 0.15) is 5.76 Å². The molecule has 0 rings (SSSR count). The van der Waals surface area contributed by atoms with Gasteiger partial charge in [-0.05, 0) is 12.2 Å². The van der Waals surface area contributed by atoms with Gasteiger partial charge < -0.3 is 4.74 Å². The van der Waals surface area contributed by atoms with Crippen LogP contribution in [0.25, 0.3) is 0 Å². The number of ether oxygens (including phenoxy) is 1. The average molecular weight is 173 g/mol. The minimum Gasteiger partial charge on any atom is -0.427 e. The molecule has 0 unspecified atom stereocenters. The maximum atomic E-state index is 10.4. The van der Waals surface area contributed by atoms with Crippen LogP contribution in [0.5, 0.6) is 0 Å². The minimum absolute atomic E-state index is 0.293. The lowest BCUT2D eigenvalue weighted by Crippen LogP contribution is -1.96. The minimum atomic E-state index is -0.408. The van der Waals surface area contributed by atoms with Crippen LogP contribution in [0.15, 0.2) is 36.1 Å². The molecule has 0 radical (unpaired) electrons. The fourth-order valence-corrected chi connectivity index (χ4v) is 0.558. The summed E-state index contributed by atoms with van der Waals surface area (Å²) >= 11 is 5.42. The average Bonchev–Trinajstić information content (AvgIpc) is 1.84. The molecule has 0 saturated carbocycles. The van der Waals surface area contributed by atoms with Crippen LogP contribution in [-0.4, -0.2) is 5.97 Å². The third-order valence-electron chi connectivity index (χ3n) is 0.762. The standard InChI is InChI=1S/C8H9ClO2/c1-4-8(5-6(2)9)11-7(3)10/h4-5H,1-2H2,3H3. The lowest BCUT2D eigenvalue weighted by atomic mass is 10.4. The Bertz CT molecular complexity index is 216. The van der Waals surface area contributed by atoms with E-state index in [1.54, 1.807) is 0 Å². The molecule has 0 heterocycles. The van der Waals surface area contributed by atoms with E-state index in [-0.39, 0.29) is 0 Å². The summed E-state index contributed by atoms with van der Waals surface area (Å²) in [6.45, 7) is 8.12. The molecule has 3 heteroatoms. The smallest absolute Gasteiger partial charge is 0.308 e. The lowest BCUT2D eigenvalue weighted by Gasteiger charge is -1.99. The predicted molar refractivity (Wildman–Crippen MR) is 45.0 cm³/mol. The van der Waals surface area contributed by atoms with Crippen LogP contribution in [0.4, 0.5) is 0 Å². The highest BCUT2D eigenvalue weighted by atomic mass is 35.5. The quantitative estimate of drug-likeness (QED) is 0.371. The Balaban J connectivity index is 4.28. The topological polar surface area (TPSA) is 26.3 Å². The van der Waals surface area contributed by atoms with Crippen molar-refractivity contribution in [2.45, 2.75) is 6.92 Å². The molecule has 0 bridgehead atoms. The molecule has 0 aromatic rings. The zero-order valence-electron chi connectivity index (χ0n) is 6.26. The molecule has 2 nitrogen and oxygen atoms in total. The first-order chi connectivity index (χ1) is 5.06. The van der Waals surface area contributed by atoms with Crippen molar-refractivity contribution in [2.24, 2.45) is 0 Å². The second kappa shape index (κ2) is 4.74. The van der Waals surface area contributed by atoms with Crippen molar-refractivity contribution in [2.75, 3.05) is 0 Å². The number of rotatable bonds is 3. The van der Waals surface area contributed by atoms with Crippen LogP contribution in [0.3, 0.4) is 0 Å². The predicted octanol–water partition coefficient (Wildman–Crippen LogP) is 2.37. The number of hydrogen-bond donors (Lipinski definition) is 0. The Hall–Kier alpha value is -1.02. The molecule has 0 spiro atoms. The summed E-state index contributed by atoms with van der Waals surface area (Å²) in [5, 5.41) is 0.293.